The average Bonchev–Trinajstić information content (AvgIpc) is 2.88. The molecule has 1 aromatic carbocycles. The summed E-state index contributed by atoms with van der Waals surface area (Å²) in [5.41, 5.74) is 7.22. The highest BCUT2D eigenvalue weighted by Gasteiger charge is 2.17. The van der Waals surface area contributed by atoms with Gasteiger partial charge in [-0.15, -0.1) is 5.10 Å². The van der Waals surface area contributed by atoms with E-state index in [2.05, 4.69) is 15.5 Å². The Morgan fingerprint density at radius 2 is 2.25 bits per heavy atom. The third-order valence-corrected chi connectivity index (χ3v) is 4.04. The summed E-state index contributed by atoms with van der Waals surface area (Å²) in [5.74, 6) is 1.17. The molecule has 0 aliphatic rings. The van der Waals surface area contributed by atoms with Crippen LogP contribution in [-0.2, 0) is 10.8 Å². The molecule has 2 N–H and O–H groups in total. The number of halogens is 1. The summed E-state index contributed by atoms with van der Waals surface area (Å²) in [7, 11) is -0.835. The number of aromatic nitrogens is 4. The molecule has 0 saturated carbocycles. The summed E-state index contributed by atoms with van der Waals surface area (Å²) < 4.78 is 12.9. The van der Waals surface area contributed by atoms with Gasteiger partial charge in [-0.1, -0.05) is 11.6 Å². The normalized spacial score (nSPS) is 14.2. The van der Waals surface area contributed by atoms with Crippen LogP contribution in [0, 0.1) is 0 Å². The van der Waals surface area contributed by atoms with Gasteiger partial charge in [0, 0.05) is 39.1 Å². The van der Waals surface area contributed by atoms with Gasteiger partial charge < -0.3 is 5.73 Å². The Bertz CT molecular complexity index is 630. The molecule has 0 spiro atoms. The van der Waals surface area contributed by atoms with Gasteiger partial charge in [0.05, 0.1) is 6.04 Å². The topological polar surface area (TPSA) is 86.7 Å². The van der Waals surface area contributed by atoms with Crippen LogP contribution in [0.2, 0.25) is 5.02 Å². The van der Waals surface area contributed by atoms with Crippen molar-refractivity contribution in [1.82, 2.24) is 20.2 Å². The first-order chi connectivity index (χ1) is 9.49. The molecule has 8 heteroatoms. The van der Waals surface area contributed by atoms with Gasteiger partial charge in [0.2, 0.25) is 0 Å². The van der Waals surface area contributed by atoms with Crippen molar-refractivity contribution < 1.29 is 4.21 Å². The molecule has 1 heterocycles. The average molecular weight is 314 g/mol. The smallest absolute Gasteiger partial charge is 0.184 e. The largest absolute Gasteiger partial charge is 0.398 e. The molecule has 108 valence electrons. The van der Waals surface area contributed by atoms with Crippen LogP contribution in [0.25, 0.3) is 11.4 Å². The van der Waals surface area contributed by atoms with Gasteiger partial charge in [0.25, 0.3) is 0 Å². The van der Waals surface area contributed by atoms with E-state index < -0.39 is 10.8 Å². The number of nitrogen functional groups attached to an aromatic ring is 1. The number of anilines is 1. The first kappa shape index (κ1) is 14.9. The molecule has 0 aliphatic heterocycles. The molecular formula is C12H16ClN5OS. The maximum Gasteiger partial charge on any atom is 0.184 e. The van der Waals surface area contributed by atoms with E-state index in [0.29, 0.717) is 27.9 Å². The van der Waals surface area contributed by atoms with Crippen LogP contribution in [0.1, 0.15) is 19.4 Å². The first-order valence-corrected chi connectivity index (χ1v) is 8.23. The third kappa shape index (κ3) is 3.34. The number of tetrazole rings is 1. The second-order valence-electron chi connectivity index (χ2n) is 4.59. The zero-order valence-electron chi connectivity index (χ0n) is 11.3. The van der Waals surface area contributed by atoms with Crippen molar-refractivity contribution >= 4 is 28.1 Å². The molecule has 2 rings (SSSR count). The fraction of sp³-hybridized carbons (Fsp3) is 0.417. The molecule has 0 radical (unpaired) electrons. The van der Waals surface area contributed by atoms with Crippen molar-refractivity contribution in [3.05, 3.63) is 23.2 Å². The Morgan fingerprint density at radius 1 is 1.50 bits per heavy atom. The van der Waals surface area contributed by atoms with Crippen LogP contribution in [0.5, 0.6) is 0 Å². The number of hydrogen-bond donors (Lipinski definition) is 1. The number of benzene rings is 1. The molecule has 0 fully saturated rings. The van der Waals surface area contributed by atoms with Crippen LogP contribution < -0.4 is 5.73 Å². The Morgan fingerprint density at radius 3 is 2.95 bits per heavy atom. The quantitative estimate of drug-likeness (QED) is 0.852. The summed E-state index contributed by atoms with van der Waals surface area (Å²) in [5, 5.41) is 12.3. The van der Waals surface area contributed by atoms with Crippen molar-refractivity contribution in [2.45, 2.75) is 19.4 Å². The Balaban J connectivity index is 2.32. The van der Waals surface area contributed by atoms with E-state index in [0.717, 1.165) is 6.42 Å². The van der Waals surface area contributed by atoms with Gasteiger partial charge in [-0.3, -0.25) is 4.21 Å². The summed E-state index contributed by atoms with van der Waals surface area (Å²) >= 11 is 5.99. The van der Waals surface area contributed by atoms with E-state index in [-0.39, 0.29) is 6.04 Å². The van der Waals surface area contributed by atoms with Crippen LogP contribution in [0.3, 0.4) is 0 Å². The second-order valence-corrected chi connectivity index (χ2v) is 6.58. The summed E-state index contributed by atoms with van der Waals surface area (Å²) in [6, 6.07) is 5.21. The molecule has 0 saturated heterocycles. The second kappa shape index (κ2) is 6.32. The fourth-order valence-electron chi connectivity index (χ4n) is 1.85. The van der Waals surface area contributed by atoms with E-state index in [1.54, 1.807) is 29.1 Å². The fourth-order valence-corrected chi connectivity index (χ4v) is 2.69. The third-order valence-electron chi connectivity index (χ3n) is 2.99. The summed E-state index contributed by atoms with van der Waals surface area (Å²) in [6.45, 7) is 1.98. The molecule has 20 heavy (non-hydrogen) atoms. The van der Waals surface area contributed by atoms with Crippen LogP contribution >= 0.6 is 11.6 Å². The van der Waals surface area contributed by atoms with Crippen molar-refractivity contribution in [3.63, 3.8) is 0 Å². The maximum atomic E-state index is 11.2. The summed E-state index contributed by atoms with van der Waals surface area (Å²) in [6.07, 6.45) is 2.41. The van der Waals surface area contributed by atoms with Crippen molar-refractivity contribution in [2.75, 3.05) is 17.7 Å². The minimum absolute atomic E-state index is 0.0299. The molecule has 6 nitrogen and oxygen atoms in total. The molecule has 0 aliphatic carbocycles. The lowest BCUT2D eigenvalue weighted by molar-refractivity contribution is 0.470. The number of rotatable bonds is 5. The molecule has 0 amide bonds. The lowest BCUT2D eigenvalue weighted by atomic mass is 10.1. The highest BCUT2D eigenvalue weighted by atomic mass is 35.5. The van der Waals surface area contributed by atoms with E-state index in [1.165, 1.54) is 0 Å². The standard InChI is InChI=1S/C12H16ClN5OS/c1-8(5-6-20(2)19)18-12(15-16-17-18)10-7-9(13)3-4-11(10)14/h3-4,7-8H,5-6,14H2,1-2H3. The SMILES string of the molecule is CC(CCS(C)=O)n1nnnc1-c1cc(Cl)ccc1N. The van der Waals surface area contributed by atoms with Crippen LogP contribution in [0.15, 0.2) is 18.2 Å². The zero-order valence-corrected chi connectivity index (χ0v) is 12.9. The maximum absolute atomic E-state index is 11.2. The lowest BCUT2D eigenvalue weighted by Crippen LogP contribution is -2.12. The highest BCUT2D eigenvalue weighted by Crippen LogP contribution is 2.28. The van der Waals surface area contributed by atoms with Crippen molar-refractivity contribution in [1.29, 1.82) is 0 Å². The van der Waals surface area contributed by atoms with Gasteiger partial charge in [0.1, 0.15) is 0 Å². The lowest BCUT2D eigenvalue weighted by Gasteiger charge is -2.13. The monoisotopic (exact) mass is 313 g/mol. The number of hydrogen-bond acceptors (Lipinski definition) is 5. The van der Waals surface area contributed by atoms with Gasteiger partial charge in [0.15, 0.2) is 5.82 Å². The Labute approximate surface area is 124 Å². The predicted octanol–water partition coefficient (Wildman–Crippen LogP) is 1.91. The molecular weight excluding hydrogens is 298 g/mol. The van der Waals surface area contributed by atoms with Crippen LogP contribution in [-0.4, -0.2) is 36.4 Å². The van der Waals surface area contributed by atoms with Gasteiger partial charge in [-0.2, -0.15) is 0 Å². The van der Waals surface area contributed by atoms with Gasteiger partial charge in [-0.25, -0.2) is 4.68 Å². The van der Waals surface area contributed by atoms with E-state index in [1.807, 2.05) is 6.92 Å². The van der Waals surface area contributed by atoms with Gasteiger partial charge >= 0.3 is 0 Å². The number of nitrogens with zero attached hydrogens (tertiary/aromatic N) is 4. The van der Waals surface area contributed by atoms with E-state index in [9.17, 15) is 4.21 Å². The summed E-state index contributed by atoms with van der Waals surface area (Å²) in [4.78, 5) is 0. The highest BCUT2D eigenvalue weighted by molar-refractivity contribution is 7.84. The molecule has 0 bridgehead atoms. The predicted molar refractivity (Wildman–Crippen MR) is 80.9 cm³/mol. The zero-order chi connectivity index (χ0) is 14.7. The molecule has 2 aromatic rings. The van der Waals surface area contributed by atoms with E-state index >= 15 is 0 Å². The minimum Gasteiger partial charge on any atom is -0.398 e. The van der Waals surface area contributed by atoms with Gasteiger partial charge in [-0.05, 0) is 42.0 Å². The molecule has 2 unspecified atom stereocenters. The first-order valence-electron chi connectivity index (χ1n) is 6.12. The van der Waals surface area contributed by atoms with Crippen LogP contribution in [0.4, 0.5) is 5.69 Å². The van der Waals surface area contributed by atoms with Crippen molar-refractivity contribution in [2.24, 2.45) is 0 Å². The Kier molecular flexibility index (Phi) is 4.72. The minimum atomic E-state index is -0.835. The number of nitrogens with two attached hydrogens (primary N) is 1. The molecule has 2 atom stereocenters. The Hall–Kier alpha value is -1.47. The molecule has 1 aromatic heterocycles. The van der Waals surface area contributed by atoms with Crippen molar-refractivity contribution in [3.8, 4) is 11.4 Å². The van der Waals surface area contributed by atoms with E-state index in [4.69, 9.17) is 17.3 Å².